The van der Waals surface area contributed by atoms with Gasteiger partial charge in [-0.15, -0.1) is 0 Å². The van der Waals surface area contributed by atoms with E-state index in [1.165, 1.54) is 157 Å². The molecule has 2 aliphatic rings. The van der Waals surface area contributed by atoms with E-state index >= 15 is 0 Å². The summed E-state index contributed by atoms with van der Waals surface area (Å²) in [5.74, 6) is 0. The van der Waals surface area contributed by atoms with Gasteiger partial charge in [-0.1, -0.05) is 235 Å². The first-order valence-corrected chi connectivity index (χ1v) is 28.2. The number of fused-ring (bicyclic) bond motifs is 13. The van der Waals surface area contributed by atoms with Gasteiger partial charge in [-0.3, -0.25) is 0 Å². The van der Waals surface area contributed by atoms with E-state index in [0.717, 1.165) is 0 Å². The first-order chi connectivity index (χ1) is 38.2. The third-order valence-electron chi connectivity index (χ3n) is 16.6. The van der Waals surface area contributed by atoms with Crippen LogP contribution in [0, 0.1) is 0 Å². The maximum Gasteiger partial charge on any atom is 0.247 e. The molecule has 0 bridgehead atoms. The first kappa shape index (κ1) is 43.3. The lowest BCUT2D eigenvalue weighted by atomic mass is 9.36. The number of para-hydroxylation sites is 4. The van der Waals surface area contributed by atoms with Crippen molar-refractivity contribution in [3.8, 4) is 44.8 Å². The predicted octanol–water partition coefficient (Wildman–Crippen LogP) is 17.8. The third kappa shape index (κ3) is 6.36. The Labute approximate surface area is 453 Å². The maximum absolute atomic E-state index is 2.53. The second kappa shape index (κ2) is 16.8. The molecule has 0 fully saturated rings. The Morgan fingerprint density at radius 3 is 1.08 bits per heavy atom. The van der Waals surface area contributed by atoms with Crippen LogP contribution >= 0.6 is 23.5 Å². The van der Waals surface area contributed by atoms with Crippen LogP contribution in [-0.2, 0) is 0 Å². The van der Waals surface area contributed by atoms with Gasteiger partial charge < -0.3 is 9.13 Å². The van der Waals surface area contributed by atoms with Crippen LogP contribution in [-0.4, -0.2) is 15.8 Å². The minimum absolute atomic E-state index is 0.0592. The highest BCUT2D eigenvalue weighted by Gasteiger charge is 2.39. The van der Waals surface area contributed by atoms with Crippen LogP contribution in [0.15, 0.2) is 280 Å². The van der Waals surface area contributed by atoms with Crippen molar-refractivity contribution in [3.63, 3.8) is 0 Å². The predicted molar refractivity (Wildman–Crippen MR) is 330 cm³/mol. The summed E-state index contributed by atoms with van der Waals surface area (Å²) < 4.78 is 4.92. The number of hydrogen-bond donors (Lipinski definition) is 0. The topological polar surface area (TPSA) is 9.86 Å². The Hall–Kier alpha value is -9.00. The van der Waals surface area contributed by atoms with Crippen molar-refractivity contribution in [1.29, 1.82) is 0 Å². The molecule has 0 amide bonds. The quantitative estimate of drug-likeness (QED) is 0.126. The zero-order chi connectivity index (χ0) is 50.3. The molecule has 13 aromatic carbocycles. The molecule has 2 nitrogen and oxygen atoms in total. The molecule has 0 N–H and O–H groups in total. The van der Waals surface area contributed by atoms with E-state index in [-0.39, 0.29) is 6.71 Å². The van der Waals surface area contributed by atoms with Gasteiger partial charge in [-0.05, 0) is 132 Å². The molecule has 2 aliphatic heterocycles. The van der Waals surface area contributed by atoms with Gasteiger partial charge in [-0.25, -0.2) is 0 Å². The van der Waals surface area contributed by atoms with Gasteiger partial charge in [0.25, 0.3) is 0 Å². The minimum Gasteiger partial charge on any atom is -0.309 e. The fourth-order valence-electron chi connectivity index (χ4n) is 13.4. The van der Waals surface area contributed by atoms with Gasteiger partial charge in [0, 0.05) is 52.5 Å². The Balaban J connectivity index is 0.900. The monoisotopic (exact) mass is 1010 g/mol. The van der Waals surface area contributed by atoms with Crippen molar-refractivity contribution in [3.05, 3.63) is 261 Å². The van der Waals surface area contributed by atoms with E-state index in [1.807, 2.05) is 23.5 Å². The van der Waals surface area contributed by atoms with Crippen molar-refractivity contribution >= 4 is 123 Å². The highest BCUT2D eigenvalue weighted by atomic mass is 32.2. The number of benzene rings is 13. The Morgan fingerprint density at radius 1 is 0.260 bits per heavy atom. The number of nitrogens with zero attached hydrogens (tertiary/aromatic N) is 2. The van der Waals surface area contributed by atoms with Gasteiger partial charge in [0.05, 0.1) is 22.1 Å². The molecule has 0 aliphatic carbocycles. The Morgan fingerprint density at radius 2 is 0.623 bits per heavy atom. The molecule has 356 valence electrons. The van der Waals surface area contributed by atoms with Crippen molar-refractivity contribution in [1.82, 2.24) is 9.13 Å². The molecule has 15 aromatic rings. The maximum atomic E-state index is 2.53. The fourth-order valence-corrected chi connectivity index (χ4v) is 16.0. The van der Waals surface area contributed by atoms with Crippen molar-refractivity contribution in [2.45, 2.75) is 19.6 Å². The van der Waals surface area contributed by atoms with E-state index < -0.39 is 0 Å². The standard InChI is InChI=1S/C72H43BN2S2/c1-2-18-44(19-3-1)48-36-37-59(50-21-5-4-20-49(48)50)71-57-28-8-6-26-55(57)70(56-27-7-9-29-58(56)71)45-40-68-72-69(41-45)77-67-43-47(75-64-32-16-12-24-53(64)54-25-13-17-33-65(54)75)35-39-61(67)73(72)60-38-34-46(42-66(60)76-68)74-62-30-14-10-22-51(62)52-23-11-15-31-63(52)74/h1-43H. The summed E-state index contributed by atoms with van der Waals surface area (Å²) in [6.07, 6.45) is 0. The van der Waals surface area contributed by atoms with Crippen LogP contribution in [0.25, 0.3) is 121 Å². The molecule has 77 heavy (non-hydrogen) atoms. The van der Waals surface area contributed by atoms with Gasteiger partial charge >= 0.3 is 0 Å². The molecule has 2 aromatic heterocycles. The van der Waals surface area contributed by atoms with E-state index in [9.17, 15) is 0 Å². The largest absolute Gasteiger partial charge is 0.309 e. The summed E-state index contributed by atoms with van der Waals surface area (Å²) in [4.78, 5) is 5.23. The number of hydrogen-bond acceptors (Lipinski definition) is 2. The lowest BCUT2D eigenvalue weighted by Gasteiger charge is -2.34. The molecule has 0 spiro atoms. The fraction of sp³-hybridized carbons (Fsp3) is 0. The number of aromatic nitrogens is 2. The summed E-state index contributed by atoms with van der Waals surface area (Å²) in [5, 5.41) is 12.6. The summed E-state index contributed by atoms with van der Waals surface area (Å²) in [7, 11) is 0. The zero-order valence-electron chi connectivity index (χ0n) is 41.6. The third-order valence-corrected chi connectivity index (χ3v) is 18.9. The van der Waals surface area contributed by atoms with E-state index in [0.29, 0.717) is 0 Å². The van der Waals surface area contributed by atoms with Crippen LogP contribution in [0.4, 0.5) is 0 Å². The van der Waals surface area contributed by atoms with E-state index in [4.69, 9.17) is 0 Å². The van der Waals surface area contributed by atoms with Crippen molar-refractivity contribution in [2.24, 2.45) is 0 Å². The summed E-state index contributed by atoms with van der Waals surface area (Å²) in [5.41, 5.74) is 18.9. The number of rotatable bonds is 5. The summed E-state index contributed by atoms with van der Waals surface area (Å²) >= 11 is 3.88. The molecular formula is C72H43BN2S2. The van der Waals surface area contributed by atoms with Gasteiger partial charge in [0.15, 0.2) is 0 Å². The van der Waals surface area contributed by atoms with Crippen LogP contribution in [0.1, 0.15) is 0 Å². The molecule has 4 heterocycles. The zero-order valence-corrected chi connectivity index (χ0v) is 43.2. The lowest BCUT2D eigenvalue weighted by molar-refractivity contribution is 1.16. The van der Waals surface area contributed by atoms with Gasteiger partial charge in [0.2, 0.25) is 6.71 Å². The second-order valence-corrected chi connectivity index (χ2v) is 22.8. The Kier molecular flexibility index (Phi) is 9.41. The van der Waals surface area contributed by atoms with E-state index in [1.54, 1.807) is 0 Å². The Bertz CT molecular complexity index is 4660. The van der Waals surface area contributed by atoms with Crippen LogP contribution in [0.2, 0.25) is 0 Å². The lowest BCUT2D eigenvalue weighted by Crippen LogP contribution is -2.58. The van der Waals surface area contributed by atoms with Gasteiger partial charge in [0.1, 0.15) is 0 Å². The van der Waals surface area contributed by atoms with Crippen LogP contribution < -0.4 is 16.4 Å². The minimum atomic E-state index is 0.0592. The smallest absolute Gasteiger partial charge is 0.247 e. The molecule has 0 saturated heterocycles. The van der Waals surface area contributed by atoms with Crippen molar-refractivity contribution < 1.29 is 0 Å². The molecule has 5 heteroatoms. The molecule has 17 rings (SSSR count). The highest BCUT2D eigenvalue weighted by molar-refractivity contribution is 8.01. The van der Waals surface area contributed by atoms with Crippen molar-refractivity contribution in [2.75, 3.05) is 0 Å². The molecule has 0 atom stereocenters. The summed E-state index contributed by atoms with van der Waals surface area (Å²) in [6.45, 7) is 0.0592. The highest BCUT2D eigenvalue weighted by Crippen LogP contribution is 2.49. The first-order valence-electron chi connectivity index (χ1n) is 26.5. The average molecular weight is 1010 g/mol. The molecule has 0 radical (unpaired) electrons. The molecular weight excluding hydrogens is 968 g/mol. The second-order valence-electron chi connectivity index (χ2n) is 20.6. The molecule has 0 unspecified atom stereocenters. The van der Waals surface area contributed by atoms with Crippen LogP contribution in [0.5, 0.6) is 0 Å². The molecule has 0 saturated carbocycles. The summed E-state index contributed by atoms with van der Waals surface area (Å²) in [6, 6.07) is 97.7. The van der Waals surface area contributed by atoms with Gasteiger partial charge in [-0.2, -0.15) is 0 Å². The van der Waals surface area contributed by atoms with Crippen LogP contribution in [0.3, 0.4) is 0 Å². The van der Waals surface area contributed by atoms with E-state index in [2.05, 4.69) is 270 Å². The average Bonchev–Trinajstić information content (AvgIpc) is 4.09. The SMILES string of the molecule is c1ccc(-c2ccc(-c3c4ccccc4c(-c4cc5c6c(c4)Sc4cc(-n7c8ccccc8c8ccccc87)ccc4B6c4ccc(-n6c7ccccc7c7ccccc76)cc4S5)c4ccccc34)c3ccccc23)cc1. The normalized spacial score (nSPS) is 12.8.